The number of hydrogen-bond donors (Lipinski definition) is 2. The number of rotatable bonds is 7. The highest BCUT2D eigenvalue weighted by Gasteiger charge is 2.37. The molecule has 2 fully saturated rings. The van der Waals surface area contributed by atoms with Gasteiger partial charge in [-0.3, -0.25) is 9.78 Å². The van der Waals surface area contributed by atoms with Crippen molar-refractivity contribution in [2.45, 2.75) is 64.7 Å². The molecule has 228 valence electrons. The van der Waals surface area contributed by atoms with Crippen LogP contribution in [0.15, 0.2) is 53.8 Å². The van der Waals surface area contributed by atoms with Crippen LogP contribution in [0.5, 0.6) is 0 Å². The largest absolute Gasteiger partial charge is 0.355 e. The third kappa shape index (κ3) is 5.96. The Morgan fingerprint density at radius 3 is 2.55 bits per heavy atom. The average molecular weight is 608 g/mol. The SMILES string of the molecule is Cc1cc(C)cc(-c2[nH]c3sc(C(C)(C)C(=O)N4CCCC4)cc3c2CCN/C(=N\C#N)N2CCC(c3ccncc3)C2)c1. The summed E-state index contributed by atoms with van der Waals surface area (Å²) in [6, 6.07) is 13.0. The molecule has 3 aromatic heterocycles. The van der Waals surface area contributed by atoms with E-state index in [1.165, 1.54) is 33.2 Å². The topological polar surface area (TPSA) is 100 Å². The predicted molar refractivity (Wildman–Crippen MR) is 178 cm³/mol. The number of H-pyrrole nitrogens is 1. The lowest BCUT2D eigenvalue weighted by Crippen LogP contribution is -2.41. The molecule has 0 bridgehead atoms. The van der Waals surface area contributed by atoms with Gasteiger partial charge >= 0.3 is 0 Å². The van der Waals surface area contributed by atoms with Crippen LogP contribution in [0.4, 0.5) is 0 Å². The Kier molecular flexibility index (Phi) is 8.46. The average Bonchev–Trinajstić information content (AvgIpc) is 3.81. The van der Waals surface area contributed by atoms with Gasteiger partial charge in [0.15, 0.2) is 0 Å². The monoisotopic (exact) mass is 607 g/mol. The van der Waals surface area contributed by atoms with Crippen molar-refractivity contribution in [2.75, 3.05) is 32.7 Å². The van der Waals surface area contributed by atoms with E-state index >= 15 is 0 Å². The Labute approximate surface area is 263 Å². The number of pyridine rings is 1. The van der Waals surface area contributed by atoms with Gasteiger partial charge in [0.05, 0.1) is 11.1 Å². The van der Waals surface area contributed by atoms with Crippen molar-refractivity contribution in [3.8, 4) is 17.5 Å². The molecule has 5 heterocycles. The van der Waals surface area contributed by atoms with Crippen LogP contribution in [0.3, 0.4) is 0 Å². The number of likely N-dealkylation sites (tertiary alicyclic amines) is 2. The third-order valence-electron chi connectivity index (χ3n) is 9.13. The minimum Gasteiger partial charge on any atom is -0.355 e. The van der Waals surface area contributed by atoms with Crippen LogP contribution < -0.4 is 5.32 Å². The minimum atomic E-state index is -0.585. The molecule has 2 saturated heterocycles. The zero-order valence-electron chi connectivity index (χ0n) is 26.1. The summed E-state index contributed by atoms with van der Waals surface area (Å²) in [5.41, 5.74) is 6.64. The Bertz CT molecular complexity index is 1700. The van der Waals surface area contributed by atoms with Crippen LogP contribution in [0, 0.1) is 25.3 Å². The van der Waals surface area contributed by atoms with Crippen molar-refractivity contribution in [3.63, 3.8) is 0 Å². The summed E-state index contributed by atoms with van der Waals surface area (Å²) in [7, 11) is 0. The van der Waals surface area contributed by atoms with E-state index in [0.717, 1.165) is 67.3 Å². The molecule has 1 amide bonds. The van der Waals surface area contributed by atoms with Crippen LogP contribution in [0.1, 0.15) is 66.2 Å². The highest BCUT2D eigenvalue weighted by molar-refractivity contribution is 7.19. The predicted octanol–water partition coefficient (Wildman–Crippen LogP) is 6.27. The van der Waals surface area contributed by atoms with Gasteiger partial charge in [0, 0.05) is 61.3 Å². The summed E-state index contributed by atoms with van der Waals surface area (Å²) in [5.74, 6) is 1.23. The summed E-state index contributed by atoms with van der Waals surface area (Å²) in [6.07, 6.45) is 9.61. The van der Waals surface area contributed by atoms with Crippen LogP contribution in [-0.2, 0) is 16.6 Å². The van der Waals surface area contributed by atoms with E-state index in [-0.39, 0.29) is 5.91 Å². The number of carbonyl (C=O) groups excluding carboxylic acids is 1. The van der Waals surface area contributed by atoms with E-state index in [1.54, 1.807) is 11.3 Å². The molecule has 1 unspecified atom stereocenters. The normalized spacial score (nSPS) is 17.4. The quantitative estimate of drug-likeness (QED) is 0.147. The summed E-state index contributed by atoms with van der Waals surface area (Å²) in [5, 5.41) is 14.2. The Morgan fingerprint density at radius 2 is 1.84 bits per heavy atom. The maximum Gasteiger partial charge on any atom is 0.233 e. The molecule has 6 rings (SSSR count). The number of nitrogens with zero attached hydrogens (tertiary/aromatic N) is 5. The zero-order chi connectivity index (χ0) is 30.8. The first-order chi connectivity index (χ1) is 21.2. The smallest absolute Gasteiger partial charge is 0.233 e. The van der Waals surface area contributed by atoms with Gasteiger partial charge in [0.1, 0.15) is 4.83 Å². The van der Waals surface area contributed by atoms with Gasteiger partial charge in [0.25, 0.3) is 0 Å². The number of aryl methyl sites for hydroxylation is 2. The van der Waals surface area contributed by atoms with E-state index in [0.29, 0.717) is 18.4 Å². The maximum atomic E-state index is 13.5. The zero-order valence-corrected chi connectivity index (χ0v) is 26.9. The van der Waals surface area contributed by atoms with Crippen molar-refractivity contribution < 1.29 is 4.79 Å². The summed E-state index contributed by atoms with van der Waals surface area (Å²) < 4.78 is 0. The highest BCUT2D eigenvalue weighted by Crippen LogP contribution is 2.41. The first-order valence-electron chi connectivity index (χ1n) is 15.6. The lowest BCUT2D eigenvalue weighted by Gasteiger charge is -2.28. The number of hydrogen-bond acceptors (Lipinski definition) is 5. The number of aromatic nitrogens is 2. The molecular weight excluding hydrogens is 567 g/mol. The number of fused-ring (bicyclic) bond motifs is 1. The Morgan fingerprint density at radius 1 is 1.11 bits per heavy atom. The molecule has 0 saturated carbocycles. The first-order valence-corrected chi connectivity index (χ1v) is 16.4. The van der Waals surface area contributed by atoms with Crippen LogP contribution in [-0.4, -0.2) is 64.4 Å². The van der Waals surface area contributed by atoms with E-state index in [9.17, 15) is 10.1 Å². The highest BCUT2D eigenvalue weighted by atomic mass is 32.1. The summed E-state index contributed by atoms with van der Waals surface area (Å²) in [4.78, 5) is 32.0. The lowest BCUT2D eigenvalue weighted by molar-refractivity contribution is -0.135. The third-order valence-corrected chi connectivity index (χ3v) is 10.5. The molecular formula is C35H41N7OS. The number of benzene rings is 1. The molecule has 9 heteroatoms. The Balaban J connectivity index is 1.26. The van der Waals surface area contributed by atoms with Gasteiger partial charge in [-0.05, 0) is 100 Å². The number of nitriles is 1. The van der Waals surface area contributed by atoms with Crippen LogP contribution in [0.25, 0.3) is 21.5 Å². The van der Waals surface area contributed by atoms with Crippen molar-refractivity contribution in [1.29, 1.82) is 5.26 Å². The van der Waals surface area contributed by atoms with Gasteiger partial charge < -0.3 is 20.1 Å². The van der Waals surface area contributed by atoms with Gasteiger partial charge in [-0.15, -0.1) is 16.3 Å². The minimum absolute atomic E-state index is 0.213. The fourth-order valence-corrected chi connectivity index (χ4v) is 8.00. The van der Waals surface area contributed by atoms with Gasteiger partial charge in [-0.2, -0.15) is 5.26 Å². The van der Waals surface area contributed by atoms with E-state index in [4.69, 9.17) is 0 Å². The van der Waals surface area contributed by atoms with E-state index in [1.807, 2.05) is 23.5 Å². The molecule has 0 spiro atoms. The molecule has 44 heavy (non-hydrogen) atoms. The molecule has 1 atom stereocenters. The molecule has 1 aromatic carbocycles. The second-order valence-corrected chi connectivity index (χ2v) is 13.8. The summed E-state index contributed by atoms with van der Waals surface area (Å²) in [6.45, 7) is 12.4. The fraction of sp³-hybridized carbons (Fsp3) is 0.429. The van der Waals surface area contributed by atoms with Crippen LogP contribution >= 0.6 is 11.3 Å². The molecule has 8 nitrogen and oxygen atoms in total. The van der Waals surface area contributed by atoms with Crippen molar-refractivity contribution in [2.24, 2.45) is 4.99 Å². The lowest BCUT2D eigenvalue weighted by atomic mass is 9.89. The number of amides is 1. The van der Waals surface area contributed by atoms with Crippen molar-refractivity contribution in [3.05, 3.63) is 75.9 Å². The van der Waals surface area contributed by atoms with Gasteiger partial charge in [-0.1, -0.05) is 17.2 Å². The van der Waals surface area contributed by atoms with Gasteiger partial charge in [0.2, 0.25) is 18.1 Å². The molecule has 2 aliphatic rings. The number of aromatic amines is 1. The number of carbonyl (C=O) groups is 1. The molecule has 0 aliphatic carbocycles. The van der Waals surface area contributed by atoms with Crippen LogP contribution in [0.2, 0.25) is 0 Å². The Hall–Kier alpha value is -4.16. The standard InChI is InChI=1S/C35H41N7OS/c1-23-17-24(2)19-27(18-23)31-28(29-20-30(44-32(29)40-31)35(3,4)33(43)41-14-5-6-15-41)9-13-38-34(39-22-36)42-16-10-26(21-42)25-7-11-37-12-8-25/h7-8,11-12,17-20,26,40H,5-6,9-10,13-16,21H2,1-4H3,(H,38,39). The molecule has 4 aromatic rings. The molecule has 2 aliphatic heterocycles. The number of guanidine groups is 1. The van der Waals surface area contributed by atoms with Crippen molar-refractivity contribution >= 4 is 33.4 Å². The van der Waals surface area contributed by atoms with E-state index < -0.39 is 5.41 Å². The second kappa shape index (κ2) is 12.4. The summed E-state index contributed by atoms with van der Waals surface area (Å²) >= 11 is 1.69. The molecule has 2 N–H and O–H groups in total. The number of thiophene rings is 1. The number of nitrogens with one attached hydrogen (secondary N) is 2. The van der Waals surface area contributed by atoms with Gasteiger partial charge in [-0.25, -0.2) is 0 Å². The maximum absolute atomic E-state index is 13.5. The van der Waals surface area contributed by atoms with Crippen molar-refractivity contribution in [1.82, 2.24) is 25.1 Å². The first kappa shape index (κ1) is 29.9. The second-order valence-electron chi connectivity index (χ2n) is 12.8. The number of aliphatic imine (C=N–C) groups is 1. The van der Waals surface area contributed by atoms with E-state index in [2.05, 4.69) is 89.3 Å². The molecule has 0 radical (unpaired) electrons. The fourth-order valence-electron chi connectivity index (χ4n) is 6.81.